The van der Waals surface area contributed by atoms with Gasteiger partial charge in [-0.1, -0.05) is 0 Å². The molecule has 92 valence electrons. The molecule has 17 heavy (non-hydrogen) atoms. The molecule has 1 heterocycles. The molecule has 1 N–H and O–H groups in total. The van der Waals surface area contributed by atoms with Crippen molar-refractivity contribution in [2.45, 2.75) is 19.1 Å². The van der Waals surface area contributed by atoms with Crippen molar-refractivity contribution in [3.8, 4) is 5.75 Å². The summed E-state index contributed by atoms with van der Waals surface area (Å²) in [4.78, 5) is 11.4. The minimum absolute atomic E-state index is 0.103. The van der Waals surface area contributed by atoms with Gasteiger partial charge in [0, 0.05) is 5.56 Å². The van der Waals surface area contributed by atoms with Crippen LogP contribution in [0.5, 0.6) is 5.75 Å². The monoisotopic (exact) mass is 244 g/mol. The van der Waals surface area contributed by atoms with Gasteiger partial charge in [-0.05, 0) is 25.1 Å². The topological polar surface area (TPSA) is 55.8 Å². The predicted octanol–water partition coefficient (Wildman–Crippen LogP) is 1.88. The van der Waals surface area contributed by atoms with E-state index in [-0.39, 0.29) is 23.5 Å². The number of hydrogen-bond acceptors (Lipinski definition) is 4. The summed E-state index contributed by atoms with van der Waals surface area (Å²) in [6.07, 6.45) is -5.72. The van der Waals surface area contributed by atoms with Gasteiger partial charge >= 0.3 is 12.1 Å². The van der Waals surface area contributed by atoms with Crippen LogP contribution in [0.4, 0.5) is 8.78 Å². The number of benzene rings is 1. The number of ether oxygens (including phenoxy) is 2. The molecule has 1 aliphatic heterocycles. The van der Waals surface area contributed by atoms with Crippen molar-refractivity contribution in [1.29, 1.82) is 0 Å². The Morgan fingerprint density at radius 1 is 1.59 bits per heavy atom. The molecule has 0 aliphatic carbocycles. The highest BCUT2D eigenvalue weighted by molar-refractivity contribution is 5.90. The normalized spacial score (nSPS) is 20.6. The average Bonchev–Trinajstić information content (AvgIpc) is 2.50. The molecule has 0 amide bonds. The van der Waals surface area contributed by atoms with Crippen LogP contribution in [-0.4, -0.2) is 23.8 Å². The molecule has 2 rings (SSSR count). The van der Waals surface area contributed by atoms with Gasteiger partial charge in [0.05, 0.1) is 12.2 Å². The standard InChI is InChI=1S/C11H10F2O4/c1-2-16-10(15)6-3-4-8-7(5-6)9(14)11(12,13)17-8/h3-5,9,14H,2H2,1H3. The fraction of sp³-hybridized carbons (Fsp3) is 0.364. The summed E-state index contributed by atoms with van der Waals surface area (Å²) in [5, 5.41) is 9.32. The van der Waals surface area contributed by atoms with Crippen molar-refractivity contribution in [2.24, 2.45) is 0 Å². The van der Waals surface area contributed by atoms with E-state index in [1.165, 1.54) is 12.1 Å². The summed E-state index contributed by atoms with van der Waals surface area (Å²) in [6.45, 7) is 1.82. The molecule has 0 radical (unpaired) electrons. The first-order chi connectivity index (χ1) is 7.95. The summed E-state index contributed by atoms with van der Waals surface area (Å²) in [6, 6.07) is 3.68. The molecule has 0 spiro atoms. The first-order valence-electron chi connectivity index (χ1n) is 5.01. The number of esters is 1. The number of aliphatic hydroxyl groups excluding tert-OH is 1. The van der Waals surface area contributed by atoms with Crippen LogP contribution in [0.1, 0.15) is 28.9 Å². The van der Waals surface area contributed by atoms with E-state index in [0.29, 0.717) is 0 Å². The maximum absolute atomic E-state index is 13.0. The SMILES string of the molecule is CCOC(=O)c1ccc2c(c1)C(O)C(F)(F)O2. The molecule has 1 aromatic carbocycles. The van der Waals surface area contributed by atoms with Gasteiger partial charge in [0.15, 0.2) is 6.10 Å². The molecule has 1 unspecified atom stereocenters. The Labute approximate surface area is 95.8 Å². The highest BCUT2D eigenvalue weighted by Gasteiger charge is 2.49. The van der Waals surface area contributed by atoms with Crippen molar-refractivity contribution in [2.75, 3.05) is 6.61 Å². The van der Waals surface area contributed by atoms with E-state index < -0.39 is 18.2 Å². The number of alkyl halides is 2. The minimum atomic E-state index is -3.66. The highest BCUT2D eigenvalue weighted by atomic mass is 19.3. The zero-order valence-electron chi connectivity index (χ0n) is 8.94. The van der Waals surface area contributed by atoms with Crippen LogP contribution in [0.15, 0.2) is 18.2 Å². The molecule has 0 saturated heterocycles. The summed E-state index contributed by atoms with van der Waals surface area (Å²) >= 11 is 0. The number of rotatable bonds is 2. The molecule has 0 fully saturated rings. The maximum Gasteiger partial charge on any atom is 0.429 e. The van der Waals surface area contributed by atoms with E-state index in [2.05, 4.69) is 4.74 Å². The second-order valence-corrected chi connectivity index (χ2v) is 3.54. The van der Waals surface area contributed by atoms with E-state index in [1.807, 2.05) is 0 Å². The maximum atomic E-state index is 13.0. The highest BCUT2D eigenvalue weighted by Crippen LogP contribution is 2.45. The lowest BCUT2D eigenvalue weighted by Gasteiger charge is -2.11. The van der Waals surface area contributed by atoms with Gasteiger partial charge < -0.3 is 14.6 Å². The molecule has 0 aromatic heterocycles. The van der Waals surface area contributed by atoms with Gasteiger partial charge in [-0.3, -0.25) is 0 Å². The molecule has 6 heteroatoms. The zero-order chi connectivity index (χ0) is 12.6. The van der Waals surface area contributed by atoms with Crippen LogP contribution in [-0.2, 0) is 4.74 Å². The Hall–Kier alpha value is -1.69. The van der Waals surface area contributed by atoms with Crippen molar-refractivity contribution in [3.63, 3.8) is 0 Å². The quantitative estimate of drug-likeness (QED) is 0.807. The van der Waals surface area contributed by atoms with E-state index >= 15 is 0 Å². The molecular formula is C11H10F2O4. The molecular weight excluding hydrogens is 234 g/mol. The van der Waals surface area contributed by atoms with Gasteiger partial charge in [0.1, 0.15) is 5.75 Å². The number of aliphatic hydroxyl groups is 1. The molecule has 0 bridgehead atoms. The number of carbonyl (C=O) groups is 1. The lowest BCUT2D eigenvalue weighted by molar-refractivity contribution is -0.224. The van der Waals surface area contributed by atoms with E-state index in [9.17, 15) is 18.7 Å². The third kappa shape index (κ3) is 1.95. The van der Waals surface area contributed by atoms with Crippen molar-refractivity contribution in [1.82, 2.24) is 0 Å². The van der Waals surface area contributed by atoms with E-state index in [1.54, 1.807) is 6.92 Å². The fourth-order valence-corrected chi connectivity index (χ4v) is 1.58. The number of fused-ring (bicyclic) bond motifs is 1. The number of hydrogen-bond donors (Lipinski definition) is 1. The second-order valence-electron chi connectivity index (χ2n) is 3.54. The first-order valence-corrected chi connectivity index (χ1v) is 5.01. The molecule has 1 atom stereocenters. The number of carbonyl (C=O) groups excluding carboxylic acids is 1. The van der Waals surface area contributed by atoms with Crippen LogP contribution in [0.25, 0.3) is 0 Å². The smallest absolute Gasteiger partial charge is 0.429 e. The summed E-state index contributed by atoms with van der Waals surface area (Å²) in [5.74, 6) is -0.756. The van der Waals surface area contributed by atoms with Crippen LogP contribution in [0.2, 0.25) is 0 Å². The third-order valence-electron chi connectivity index (χ3n) is 2.38. The Morgan fingerprint density at radius 2 is 2.29 bits per heavy atom. The van der Waals surface area contributed by atoms with Crippen LogP contribution in [0.3, 0.4) is 0 Å². The molecule has 1 aliphatic rings. The van der Waals surface area contributed by atoms with Crippen LogP contribution in [0, 0.1) is 0 Å². The summed E-state index contributed by atoms with van der Waals surface area (Å²) in [5.41, 5.74) is -0.00787. The molecule has 1 aromatic rings. The second kappa shape index (κ2) is 3.96. The molecule has 0 saturated carbocycles. The van der Waals surface area contributed by atoms with Crippen molar-refractivity contribution in [3.05, 3.63) is 29.3 Å². The van der Waals surface area contributed by atoms with Gasteiger partial charge in [-0.15, -0.1) is 0 Å². The van der Waals surface area contributed by atoms with Crippen LogP contribution >= 0.6 is 0 Å². The largest absolute Gasteiger partial charge is 0.462 e. The molecule has 4 nitrogen and oxygen atoms in total. The van der Waals surface area contributed by atoms with E-state index in [4.69, 9.17) is 4.74 Å². The van der Waals surface area contributed by atoms with Gasteiger partial charge in [0.25, 0.3) is 0 Å². The van der Waals surface area contributed by atoms with Gasteiger partial charge in [-0.25, -0.2) is 4.79 Å². The van der Waals surface area contributed by atoms with Gasteiger partial charge in [0.2, 0.25) is 0 Å². The Bertz CT molecular complexity index is 459. The summed E-state index contributed by atoms with van der Waals surface area (Å²) in [7, 11) is 0. The average molecular weight is 244 g/mol. The first kappa shape index (κ1) is 11.8. The van der Waals surface area contributed by atoms with Crippen molar-refractivity contribution >= 4 is 5.97 Å². The Kier molecular flexibility index (Phi) is 2.74. The Balaban J connectivity index is 2.34. The Morgan fingerprint density at radius 3 is 2.94 bits per heavy atom. The van der Waals surface area contributed by atoms with Crippen molar-refractivity contribution < 1.29 is 28.2 Å². The van der Waals surface area contributed by atoms with Gasteiger partial charge in [-0.2, -0.15) is 8.78 Å². The number of halogens is 2. The summed E-state index contributed by atoms with van der Waals surface area (Å²) < 4.78 is 35.0. The third-order valence-corrected chi connectivity index (χ3v) is 2.38. The fourth-order valence-electron chi connectivity index (χ4n) is 1.58. The lowest BCUT2D eigenvalue weighted by atomic mass is 10.1. The minimum Gasteiger partial charge on any atom is -0.462 e. The van der Waals surface area contributed by atoms with E-state index in [0.717, 1.165) is 6.07 Å². The zero-order valence-corrected chi connectivity index (χ0v) is 8.94. The lowest BCUT2D eigenvalue weighted by Crippen LogP contribution is -2.26. The van der Waals surface area contributed by atoms with Crippen LogP contribution < -0.4 is 4.74 Å². The predicted molar refractivity (Wildman–Crippen MR) is 52.9 cm³/mol.